The van der Waals surface area contributed by atoms with Crippen molar-refractivity contribution in [2.45, 2.75) is 25.2 Å². The number of hydrogen-bond donors (Lipinski definition) is 2. The molecule has 5 nitrogen and oxygen atoms in total. The largest absolute Gasteiger partial charge is 0.352 e. The van der Waals surface area contributed by atoms with E-state index in [9.17, 15) is 17.6 Å². The van der Waals surface area contributed by atoms with E-state index < -0.39 is 32.2 Å². The number of carbonyl (C=O) groups is 1. The maximum atomic E-state index is 13.7. The molecule has 0 aliphatic carbocycles. The molecule has 1 aromatic rings. The number of primary sulfonamides is 1. The molecule has 8 heteroatoms. The Labute approximate surface area is 122 Å². The predicted octanol–water partition coefficient (Wildman–Crippen LogP) is 1.90. The van der Waals surface area contributed by atoms with Crippen molar-refractivity contribution in [3.05, 3.63) is 28.5 Å². The Morgan fingerprint density at radius 2 is 2.05 bits per heavy atom. The molecule has 0 atom stereocenters. The quantitative estimate of drug-likeness (QED) is 0.867. The van der Waals surface area contributed by atoms with Crippen molar-refractivity contribution in [1.82, 2.24) is 5.32 Å². The summed E-state index contributed by atoms with van der Waals surface area (Å²) < 4.78 is 36.2. The molecule has 1 amide bonds. The van der Waals surface area contributed by atoms with Gasteiger partial charge < -0.3 is 5.32 Å². The molecule has 0 fully saturated rings. The molecular formula is C12H16ClFN2O3S. The summed E-state index contributed by atoms with van der Waals surface area (Å²) in [6.07, 6.45) is 0.725. The first-order valence-electron chi connectivity index (χ1n) is 5.93. The highest BCUT2D eigenvalue weighted by Gasteiger charge is 2.20. The second-order valence-electron chi connectivity index (χ2n) is 4.75. The average Bonchev–Trinajstić information content (AvgIpc) is 2.26. The Morgan fingerprint density at radius 3 is 2.55 bits per heavy atom. The predicted molar refractivity (Wildman–Crippen MR) is 74.6 cm³/mol. The molecule has 0 heterocycles. The van der Waals surface area contributed by atoms with Crippen LogP contribution in [-0.4, -0.2) is 20.9 Å². The number of hydrogen-bond acceptors (Lipinski definition) is 3. The molecular weight excluding hydrogens is 307 g/mol. The first-order valence-corrected chi connectivity index (χ1v) is 7.85. The summed E-state index contributed by atoms with van der Waals surface area (Å²) in [5.41, 5.74) is -0.401. The van der Waals surface area contributed by atoms with Crippen molar-refractivity contribution in [2.24, 2.45) is 11.1 Å². The summed E-state index contributed by atoms with van der Waals surface area (Å²) in [5, 5.41) is 7.10. The summed E-state index contributed by atoms with van der Waals surface area (Å²) >= 11 is 5.61. The van der Waals surface area contributed by atoms with Crippen molar-refractivity contribution < 1.29 is 17.6 Å². The van der Waals surface area contributed by atoms with Gasteiger partial charge in [0.2, 0.25) is 10.0 Å². The van der Waals surface area contributed by atoms with Crippen LogP contribution in [0.5, 0.6) is 0 Å². The fourth-order valence-electron chi connectivity index (χ4n) is 1.49. The van der Waals surface area contributed by atoms with Gasteiger partial charge in [0, 0.05) is 6.54 Å². The molecule has 3 N–H and O–H groups in total. The smallest absolute Gasteiger partial charge is 0.254 e. The Hall–Kier alpha value is -1.18. The normalized spacial score (nSPS) is 11.7. The molecule has 0 aliphatic heterocycles. The number of rotatable bonds is 5. The molecule has 0 aromatic heterocycles. The van der Waals surface area contributed by atoms with E-state index in [-0.39, 0.29) is 5.02 Å². The molecule has 0 spiro atoms. The summed E-state index contributed by atoms with van der Waals surface area (Å²) in [5.74, 6) is -1.22. The van der Waals surface area contributed by atoms with E-state index >= 15 is 0 Å². The van der Waals surface area contributed by atoms with Crippen LogP contribution in [0.4, 0.5) is 4.39 Å². The third kappa shape index (κ3) is 4.43. The Morgan fingerprint density at radius 1 is 1.45 bits per heavy atom. The minimum atomic E-state index is -4.12. The molecule has 0 bridgehead atoms. The summed E-state index contributed by atoms with van der Waals surface area (Å²) in [7, 11) is -4.12. The molecule has 0 unspecified atom stereocenters. The Kier molecular flexibility index (Phi) is 5.50. The van der Waals surface area contributed by atoms with E-state index in [1.165, 1.54) is 0 Å². The maximum Gasteiger partial charge on any atom is 0.254 e. The highest BCUT2D eigenvalue weighted by molar-refractivity contribution is 7.89. The zero-order valence-electron chi connectivity index (χ0n) is 11.1. The molecule has 0 saturated carbocycles. The van der Waals surface area contributed by atoms with Crippen molar-refractivity contribution in [1.29, 1.82) is 0 Å². The minimum absolute atomic E-state index is 0.358. The molecule has 112 valence electrons. The number of nitrogens with two attached hydrogens (primary N) is 1. The van der Waals surface area contributed by atoms with Crippen LogP contribution in [0, 0.1) is 11.7 Å². The number of benzene rings is 1. The molecule has 0 radical (unpaired) electrons. The van der Waals surface area contributed by atoms with Crippen molar-refractivity contribution in [3.8, 4) is 0 Å². The molecule has 1 rings (SSSR count). The lowest BCUT2D eigenvalue weighted by Crippen LogP contribution is -2.27. The lowest BCUT2D eigenvalue weighted by Gasteiger charge is -2.10. The highest BCUT2D eigenvalue weighted by atomic mass is 35.5. The van der Waals surface area contributed by atoms with Crippen molar-refractivity contribution in [3.63, 3.8) is 0 Å². The fraction of sp³-hybridized carbons (Fsp3) is 0.417. The van der Waals surface area contributed by atoms with Gasteiger partial charge in [-0.2, -0.15) is 0 Å². The lowest BCUT2D eigenvalue weighted by molar-refractivity contribution is 0.0947. The van der Waals surface area contributed by atoms with Gasteiger partial charge in [-0.25, -0.2) is 17.9 Å². The third-order valence-electron chi connectivity index (χ3n) is 2.58. The summed E-state index contributed by atoms with van der Waals surface area (Å²) in [6, 6.07) is 1.61. The van der Waals surface area contributed by atoms with E-state index in [1.807, 2.05) is 13.8 Å². The zero-order chi connectivity index (χ0) is 15.5. The van der Waals surface area contributed by atoms with Gasteiger partial charge in [0.25, 0.3) is 5.91 Å². The second kappa shape index (κ2) is 6.51. The third-order valence-corrected chi connectivity index (χ3v) is 3.96. The Bertz CT molecular complexity index is 617. The first kappa shape index (κ1) is 16.9. The summed E-state index contributed by atoms with van der Waals surface area (Å²) in [6.45, 7) is 4.32. The van der Waals surface area contributed by atoms with Crippen LogP contribution in [0.15, 0.2) is 17.0 Å². The van der Waals surface area contributed by atoms with E-state index in [0.29, 0.717) is 12.5 Å². The van der Waals surface area contributed by atoms with Crippen LogP contribution in [0.3, 0.4) is 0 Å². The number of amides is 1. The average molecular weight is 323 g/mol. The van der Waals surface area contributed by atoms with Gasteiger partial charge in [-0.3, -0.25) is 4.79 Å². The van der Waals surface area contributed by atoms with Gasteiger partial charge in [0.15, 0.2) is 0 Å². The Balaban J connectivity index is 3.04. The van der Waals surface area contributed by atoms with Gasteiger partial charge in [0.1, 0.15) is 10.7 Å². The maximum absolute atomic E-state index is 13.7. The van der Waals surface area contributed by atoms with Crippen LogP contribution in [0.2, 0.25) is 5.02 Å². The van der Waals surface area contributed by atoms with Gasteiger partial charge in [-0.1, -0.05) is 25.4 Å². The van der Waals surface area contributed by atoms with Gasteiger partial charge in [-0.05, 0) is 24.5 Å². The summed E-state index contributed by atoms with van der Waals surface area (Å²) in [4.78, 5) is 11.3. The molecule has 20 heavy (non-hydrogen) atoms. The number of sulfonamides is 1. The van der Waals surface area contributed by atoms with E-state index in [4.69, 9.17) is 16.7 Å². The van der Waals surface area contributed by atoms with Crippen LogP contribution in [0.1, 0.15) is 30.6 Å². The minimum Gasteiger partial charge on any atom is -0.352 e. The topological polar surface area (TPSA) is 89.3 Å². The van der Waals surface area contributed by atoms with Crippen molar-refractivity contribution in [2.75, 3.05) is 6.54 Å². The number of halogens is 2. The van der Waals surface area contributed by atoms with Crippen LogP contribution in [0.25, 0.3) is 0 Å². The number of carbonyl (C=O) groups excluding carboxylic acids is 1. The SMILES string of the molecule is CC(C)CCNC(=O)c1cc(S(N)(=O)=O)c(Cl)cc1F. The standard InChI is InChI=1S/C12H16ClFN2O3S/c1-7(2)3-4-16-12(17)8-5-11(20(15,18)19)9(13)6-10(8)14/h5-7H,3-4H2,1-2H3,(H,16,17)(H2,15,18,19). The van der Waals surface area contributed by atoms with Crippen molar-refractivity contribution >= 4 is 27.5 Å². The molecule has 0 aliphatic rings. The highest BCUT2D eigenvalue weighted by Crippen LogP contribution is 2.24. The monoisotopic (exact) mass is 322 g/mol. The van der Waals surface area contributed by atoms with E-state index in [0.717, 1.165) is 18.6 Å². The molecule has 0 saturated heterocycles. The molecule has 1 aromatic carbocycles. The zero-order valence-corrected chi connectivity index (χ0v) is 12.7. The van der Waals surface area contributed by atoms with E-state index in [1.54, 1.807) is 0 Å². The van der Waals surface area contributed by atoms with E-state index in [2.05, 4.69) is 5.32 Å². The first-order chi connectivity index (χ1) is 9.12. The number of nitrogens with one attached hydrogen (secondary N) is 1. The van der Waals surface area contributed by atoms with Gasteiger partial charge >= 0.3 is 0 Å². The second-order valence-corrected chi connectivity index (χ2v) is 6.68. The van der Waals surface area contributed by atoms with Crippen LogP contribution in [-0.2, 0) is 10.0 Å². The van der Waals surface area contributed by atoms with Gasteiger partial charge in [0.05, 0.1) is 10.6 Å². The van der Waals surface area contributed by atoms with Crippen LogP contribution >= 0.6 is 11.6 Å². The lowest BCUT2D eigenvalue weighted by atomic mass is 10.1. The van der Waals surface area contributed by atoms with Gasteiger partial charge in [-0.15, -0.1) is 0 Å². The van der Waals surface area contributed by atoms with Crippen LogP contribution < -0.4 is 10.5 Å². The fourth-order valence-corrected chi connectivity index (χ4v) is 2.58.